The van der Waals surface area contributed by atoms with Gasteiger partial charge in [0.05, 0.1) is 11.6 Å². The fourth-order valence-electron chi connectivity index (χ4n) is 2.80. The zero-order valence-electron chi connectivity index (χ0n) is 12.0. The number of piperidine rings is 1. The summed E-state index contributed by atoms with van der Waals surface area (Å²) in [6, 6.07) is 6.73. The van der Waals surface area contributed by atoms with E-state index in [9.17, 15) is 4.39 Å². The Bertz CT molecular complexity index is 481. The average molecular weight is 275 g/mol. The summed E-state index contributed by atoms with van der Waals surface area (Å²) in [6.07, 6.45) is 2.42. The summed E-state index contributed by atoms with van der Waals surface area (Å²) >= 11 is 0. The molecule has 1 aliphatic heterocycles. The summed E-state index contributed by atoms with van der Waals surface area (Å²) in [4.78, 5) is 2.32. The molecule has 20 heavy (non-hydrogen) atoms. The maximum atomic E-state index is 13.9. The summed E-state index contributed by atoms with van der Waals surface area (Å²) in [5, 5.41) is 12.1. The molecular formula is C16H22FN3. The monoisotopic (exact) mass is 275 g/mol. The van der Waals surface area contributed by atoms with Crippen molar-refractivity contribution in [1.29, 1.82) is 5.26 Å². The molecule has 108 valence electrons. The minimum Gasteiger partial charge on any atom is -0.317 e. The second kappa shape index (κ2) is 7.37. The van der Waals surface area contributed by atoms with Gasteiger partial charge in [-0.25, -0.2) is 4.39 Å². The van der Waals surface area contributed by atoms with Crippen molar-refractivity contribution in [3.63, 3.8) is 0 Å². The SMILES string of the molecule is CCNCC1CCCN(Cc2ccc(C#N)cc2F)C1. The molecule has 0 saturated carbocycles. The number of likely N-dealkylation sites (tertiary alicyclic amines) is 1. The predicted octanol–water partition coefficient (Wildman–Crippen LogP) is 2.52. The minimum absolute atomic E-state index is 0.266. The molecule has 1 aromatic rings. The van der Waals surface area contributed by atoms with Crippen LogP contribution in [0.5, 0.6) is 0 Å². The molecule has 1 aliphatic rings. The number of benzene rings is 1. The van der Waals surface area contributed by atoms with Gasteiger partial charge in [-0.15, -0.1) is 0 Å². The molecule has 1 fully saturated rings. The van der Waals surface area contributed by atoms with Crippen LogP contribution in [0, 0.1) is 23.1 Å². The van der Waals surface area contributed by atoms with Crippen LogP contribution in [0.2, 0.25) is 0 Å². The van der Waals surface area contributed by atoms with E-state index in [2.05, 4.69) is 17.1 Å². The molecule has 2 rings (SSSR count). The van der Waals surface area contributed by atoms with Gasteiger partial charge >= 0.3 is 0 Å². The second-order valence-corrected chi connectivity index (χ2v) is 5.47. The van der Waals surface area contributed by atoms with E-state index >= 15 is 0 Å². The van der Waals surface area contributed by atoms with Crippen molar-refractivity contribution in [3.8, 4) is 6.07 Å². The molecule has 1 N–H and O–H groups in total. The molecule has 1 saturated heterocycles. The topological polar surface area (TPSA) is 39.1 Å². The lowest BCUT2D eigenvalue weighted by molar-refractivity contribution is 0.164. The average Bonchev–Trinajstić information content (AvgIpc) is 2.47. The third kappa shape index (κ3) is 4.03. The summed E-state index contributed by atoms with van der Waals surface area (Å²) in [5.41, 5.74) is 1.07. The maximum Gasteiger partial charge on any atom is 0.129 e. The van der Waals surface area contributed by atoms with Crippen LogP contribution in [0.3, 0.4) is 0 Å². The first-order valence-corrected chi connectivity index (χ1v) is 7.34. The molecule has 1 unspecified atom stereocenters. The van der Waals surface area contributed by atoms with Crippen LogP contribution >= 0.6 is 0 Å². The molecule has 1 aromatic carbocycles. The Kier molecular flexibility index (Phi) is 5.51. The number of halogens is 1. The van der Waals surface area contributed by atoms with E-state index in [1.165, 1.54) is 18.9 Å². The van der Waals surface area contributed by atoms with Crippen molar-refractivity contribution in [2.75, 3.05) is 26.2 Å². The van der Waals surface area contributed by atoms with Crippen LogP contribution in [0.4, 0.5) is 4.39 Å². The molecule has 4 heteroatoms. The first-order chi connectivity index (χ1) is 9.72. The Labute approximate surface area is 120 Å². The Morgan fingerprint density at radius 1 is 1.50 bits per heavy atom. The van der Waals surface area contributed by atoms with E-state index in [4.69, 9.17) is 5.26 Å². The van der Waals surface area contributed by atoms with E-state index in [1.54, 1.807) is 12.1 Å². The molecule has 0 bridgehead atoms. The van der Waals surface area contributed by atoms with Crippen molar-refractivity contribution >= 4 is 0 Å². The minimum atomic E-state index is -0.266. The van der Waals surface area contributed by atoms with E-state index in [1.807, 2.05) is 6.07 Å². The molecule has 1 heterocycles. The largest absolute Gasteiger partial charge is 0.317 e. The lowest BCUT2D eigenvalue weighted by Crippen LogP contribution is -2.39. The van der Waals surface area contributed by atoms with Crippen LogP contribution < -0.4 is 5.32 Å². The number of hydrogen-bond donors (Lipinski definition) is 1. The van der Waals surface area contributed by atoms with Gasteiger partial charge in [0.2, 0.25) is 0 Å². The third-order valence-electron chi connectivity index (χ3n) is 3.86. The van der Waals surface area contributed by atoms with Crippen LogP contribution in [-0.4, -0.2) is 31.1 Å². The molecule has 0 aliphatic carbocycles. The Hall–Kier alpha value is -1.44. The highest BCUT2D eigenvalue weighted by Gasteiger charge is 2.20. The van der Waals surface area contributed by atoms with Gasteiger partial charge in [-0.2, -0.15) is 5.26 Å². The summed E-state index contributed by atoms with van der Waals surface area (Å²) < 4.78 is 13.9. The fraction of sp³-hybridized carbons (Fsp3) is 0.562. The van der Waals surface area contributed by atoms with Gasteiger partial charge in [-0.05, 0) is 50.5 Å². The summed E-state index contributed by atoms with van der Waals surface area (Å²) in [7, 11) is 0. The predicted molar refractivity (Wildman–Crippen MR) is 77.7 cm³/mol. The van der Waals surface area contributed by atoms with E-state index < -0.39 is 0 Å². The van der Waals surface area contributed by atoms with Crippen LogP contribution in [0.1, 0.15) is 30.9 Å². The first-order valence-electron chi connectivity index (χ1n) is 7.34. The van der Waals surface area contributed by atoms with Crippen molar-refractivity contribution in [2.45, 2.75) is 26.3 Å². The summed E-state index contributed by atoms with van der Waals surface area (Å²) in [6.45, 7) is 6.85. The van der Waals surface area contributed by atoms with E-state index in [-0.39, 0.29) is 5.82 Å². The second-order valence-electron chi connectivity index (χ2n) is 5.47. The number of hydrogen-bond acceptors (Lipinski definition) is 3. The molecule has 1 atom stereocenters. The Balaban J connectivity index is 1.94. The molecule has 0 radical (unpaired) electrons. The lowest BCUT2D eigenvalue weighted by atomic mass is 9.97. The quantitative estimate of drug-likeness (QED) is 0.897. The lowest BCUT2D eigenvalue weighted by Gasteiger charge is -2.33. The summed E-state index contributed by atoms with van der Waals surface area (Å²) in [5.74, 6) is 0.392. The van der Waals surface area contributed by atoms with Crippen LogP contribution in [0.15, 0.2) is 18.2 Å². The van der Waals surface area contributed by atoms with Crippen molar-refractivity contribution in [2.24, 2.45) is 5.92 Å². The van der Waals surface area contributed by atoms with Gasteiger partial charge in [0, 0.05) is 18.7 Å². The van der Waals surface area contributed by atoms with Crippen LogP contribution in [0.25, 0.3) is 0 Å². The Morgan fingerprint density at radius 3 is 3.05 bits per heavy atom. The number of nitriles is 1. The fourth-order valence-corrected chi connectivity index (χ4v) is 2.80. The van der Waals surface area contributed by atoms with Gasteiger partial charge in [0.15, 0.2) is 0 Å². The highest BCUT2D eigenvalue weighted by molar-refractivity contribution is 5.32. The standard InChI is InChI=1S/C16H22FN3/c1-2-19-10-14-4-3-7-20(11-14)12-15-6-5-13(9-18)8-16(15)17/h5-6,8,14,19H,2-4,7,10-12H2,1H3. The highest BCUT2D eigenvalue weighted by atomic mass is 19.1. The van der Waals surface area contributed by atoms with Gasteiger partial charge in [0.25, 0.3) is 0 Å². The molecule has 0 aromatic heterocycles. The van der Waals surface area contributed by atoms with E-state index in [0.29, 0.717) is 23.6 Å². The van der Waals surface area contributed by atoms with Crippen LogP contribution in [-0.2, 0) is 6.54 Å². The number of rotatable bonds is 5. The highest BCUT2D eigenvalue weighted by Crippen LogP contribution is 2.19. The van der Waals surface area contributed by atoms with Crippen molar-refractivity contribution < 1.29 is 4.39 Å². The first kappa shape index (κ1) is 15.0. The normalized spacial score (nSPS) is 19.8. The number of nitrogens with zero attached hydrogens (tertiary/aromatic N) is 2. The zero-order valence-corrected chi connectivity index (χ0v) is 12.0. The number of nitrogens with one attached hydrogen (secondary N) is 1. The molecular weight excluding hydrogens is 253 g/mol. The zero-order chi connectivity index (χ0) is 14.4. The maximum absolute atomic E-state index is 13.9. The van der Waals surface area contributed by atoms with Crippen molar-refractivity contribution in [3.05, 3.63) is 35.1 Å². The van der Waals surface area contributed by atoms with E-state index in [0.717, 1.165) is 26.2 Å². The Morgan fingerprint density at radius 2 is 2.35 bits per heavy atom. The van der Waals surface area contributed by atoms with Gasteiger partial charge in [-0.1, -0.05) is 13.0 Å². The third-order valence-corrected chi connectivity index (χ3v) is 3.86. The smallest absolute Gasteiger partial charge is 0.129 e. The molecule has 0 amide bonds. The molecule has 0 spiro atoms. The van der Waals surface area contributed by atoms with Crippen molar-refractivity contribution in [1.82, 2.24) is 10.2 Å². The molecule has 3 nitrogen and oxygen atoms in total. The van der Waals surface area contributed by atoms with Gasteiger partial charge in [0.1, 0.15) is 5.82 Å². The van der Waals surface area contributed by atoms with Gasteiger partial charge < -0.3 is 5.32 Å². The van der Waals surface area contributed by atoms with Gasteiger partial charge in [-0.3, -0.25) is 4.90 Å².